The van der Waals surface area contributed by atoms with Gasteiger partial charge in [0.2, 0.25) is 0 Å². The van der Waals surface area contributed by atoms with E-state index < -0.39 is 0 Å². The average molecular weight is 110 g/mol. The van der Waals surface area contributed by atoms with Gasteiger partial charge in [-0.25, -0.2) is 0 Å². The zero-order valence-electron chi connectivity index (χ0n) is 3.86. The van der Waals surface area contributed by atoms with E-state index in [0.717, 1.165) is 0 Å². The molecule has 0 bridgehead atoms. The second-order valence-electron chi connectivity index (χ2n) is 1.48. The topological polar surface area (TPSA) is 0 Å². The predicted molar refractivity (Wildman–Crippen MR) is 32.2 cm³/mol. The molecule has 0 amide bonds. The Bertz CT molecular complexity index is 30.9. The average Bonchev–Trinajstić information content (AvgIpc) is 1.38. The Morgan fingerprint density at radius 2 is 1.67 bits per heavy atom. The molecule has 0 aromatic heterocycles. The molecule has 0 radical (unpaired) electrons. The fourth-order valence-corrected chi connectivity index (χ4v) is 0. The van der Waals surface area contributed by atoms with Crippen molar-refractivity contribution in [2.24, 2.45) is 5.92 Å². The van der Waals surface area contributed by atoms with Gasteiger partial charge in [-0.15, -0.1) is 6.58 Å². The van der Waals surface area contributed by atoms with Crippen molar-refractivity contribution < 1.29 is 0 Å². The number of hydrogen-bond donors (Lipinski definition) is 0. The van der Waals surface area contributed by atoms with E-state index in [-0.39, 0.29) is 51.4 Å². The molecule has 0 rings (SSSR count). The van der Waals surface area contributed by atoms with Gasteiger partial charge in [0.05, 0.1) is 0 Å². The molecular formula is C5H11K. The number of allylic oxidation sites excluding steroid dienone is 1. The van der Waals surface area contributed by atoms with Crippen molar-refractivity contribution in [2.75, 3.05) is 0 Å². The van der Waals surface area contributed by atoms with Crippen molar-refractivity contribution in [2.45, 2.75) is 13.8 Å². The van der Waals surface area contributed by atoms with Gasteiger partial charge in [0, 0.05) is 0 Å². The Labute approximate surface area is 82.4 Å². The third-order valence-corrected chi connectivity index (χ3v) is 0.471. The summed E-state index contributed by atoms with van der Waals surface area (Å²) in [5.41, 5.74) is 0. The van der Waals surface area contributed by atoms with E-state index in [9.17, 15) is 0 Å². The van der Waals surface area contributed by atoms with Crippen LogP contribution in [-0.4, -0.2) is 51.4 Å². The van der Waals surface area contributed by atoms with Crippen LogP contribution in [0, 0.1) is 5.92 Å². The summed E-state index contributed by atoms with van der Waals surface area (Å²) in [6.45, 7) is 7.77. The molecule has 0 unspecified atom stereocenters. The van der Waals surface area contributed by atoms with Crippen LogP contribution in [0.25, 0.3) is 0 Å². The molecule has 1 heteroatoms. The maximum atomic E-state index is 3.56. The SMILES string of the molecule is C=CC(C)C.[KH]. The van der Waals surface area contributed by atoms with Crippen molar-refractivity contribution in [3.63, 3.8) is 0 Å². The second kappa shape index (κ2) is 6.38. The van der Waals surface area contributed by atoms with E-state index in [0.29, 0.717) is 5.92 Å². The van der Waals surface area contributed by atoms with E-state index in [1.54, 1.807) is 0 Å². The summed E-state index contributed by atoms with van der Waals surface area (Å²) < 4.78 is 0. The van der Waals surface area contributed by atoms with Crippen molar-refractivity contribution in [3.05, 3.63) is 12.7 Å². The summed E-state index contributed by atoms with van der Waals surface area (Å²) in [5, 5.41) is 0. The van der Waals surface area contributed by atoms with Gasteiger partial charge >= 0.3 is 51.4 Å². The zero-order valence-corrected chi connectivity index (χ0v) is 3.86. The molecule has 0 aromatic carbocycles. The summed E-state index contributed by atoms with van der Waals surface area (Å²) in [7, 11) is 0. The van der Waals surface area contributed by atoms with E-state index >= 15 is 0 Å². The van der Waals surface area contributed by atoms with Crippen LogP contribution in [-0.2, 0) is 0 Å². The first-order valence-corrected chi connectivity index (χ1v) is 1.90. The Balaban J connectivity index is 0. The molecule has 0 atom stereocenters. The minimum atomic E-state index is 0. The van der Waals surface area contributed by atoms with Crippen LogP contribution in [0.3, 0.4) is 0 Å². The van der Waals surface area contributed by atoms with Gasteiger partial charge in [0.1, 0.15) is 0 Å². The Morgan fingerprint density at radius 3 is 1.67 bits per heavy atom. The quantitative estimate of drug-likeness (QED) is 0.351. The van der Waals surface area contributed by atoms with E-state index in [2.05, 4.69) is 20.4 Å². The standard InChI is InChI=1S/C5H10.K.H/c1-4-5(2)3;;/h4-5H,1H2,2-3H3;;. The van der Waals surface area contributed by atoms with Crippen LogP contribution >= 0.6 is 0 Å². The predicted octanol–water partition coefficient (Wildman–Crippen LogP) is 1.18. The first-order valence-electron chi connectivity index (χ1n) is 1.90. The number of hydrogen-bond acceptors (Lipinski definition) is 0. The van der Waals surface area contributed by atoms with Crippen LogP contribution in [0.1, 0.15) is 13.8 Å². The summed E-state index contributed by atoms with van der Waals surface area (Å²) in [6.07, 6.45) is 1.92. The monoisotopic (exact) mass is 110 g/mol. The molecule has 0 aliphatic rings. The molecule has 0 fully saturated rings. The van der Waals surface area contributed by atoms with Crippen molar-refractivity contribution in [1.29, 1.82) is 0 Å². The fraction of sp³-hybridized carbons (Fsp3) is 0.600. The summed E-state index contributed by atoms with van der Waals surface area (Å²) in [6, 6.07) is 0. The fourth-order valence-electron chi connectivity index (χ4n) is 0. The van der Waals surface area contributed by atoms with Crippen molar-refractivity contribution in [1.82, 2.24) is 0 Å². The van der Waals surface area contributed by atoms with E-state index in [1.165, 1.54) is 0 Å². The third-order valence-electron chi connectivity index (χ3n) is 0.471. The Hall–Kier alpha value is 1.38. The van der Waals surface area contributed by atoms with Crippen molar-refractivity contribution >= 4 is 51.4 Å². The Morgan fingerprint density at radius 1 is 1.50 bits per heavy atom. The van der Waals surface area contributed by atoms with Crippen LogP contribution in [0.15, 0.2) is 12.7 Å². The van der Waals surface area contributed by atoms with Gasteiger partial charge < -0.3 is 0 Å². The zero-order chi connectivity index (χ0) is 4.28. The second-order valence-corrected chi connectivity index (χ2v) is 1.48. The normalized spacial score (nSPS) is 7.17. The van der Waals surface area contributed by atoms with E-state index in [1.807, 2.05) is 6.08 Å². The van der Waals surface area contributed by atoms with Gasteiger partial charge in [-0.2, -0.15) is 0 Å². The summed E-state index contributed by atoms with van der Waals surface area (Å²) in [5.74, 6) is 0.648. The third kappa shape index (κ3) is 9.03. The van der Waals surface area contributed by atoms with Gasteiger partial charge in [0.25, 0.3) is 0 Å². The molecule has 0 spiro atoms. The van der Waals surface area contributed by atoms with Crippen LogP contribution in [0.4, 0.5) is 0 Å². The minimum absolute atomic E-state index is 0. The van der Waals surface area contributed by atoms with Gasteiger partial charge in [-0.05, 0) is 5.92 Å². The number of rotatable bonds is 1. The molecular weight excluding hydrogens is 99.2 g/mol. The molecule has 0 aromatic rings. The molecule has 0 saturated carbocycles. The van der Waals surface area contributed by atoms with Gasteiger partial charge in [0.15, 0.2) is 0 Å². The molecule has 0 heterocycles. The molecule has 0 nitrogen and oxygen atoms in total. The Kier molecular flexibility index (Phi) is 11.0. The van der Waals surface area contributed by atoms with Gasteiger partial charge in [-0.1, -0.05) is 19.9 Å². The summed E-state index contributed by atoms with van der Waals surface area (Å²) in [4.78, 5) is 0. The molecule has 0 N–H and O–H groups in total. The van der Waals surface area contributed by atoms with Gasteiger partial charge in [-0.3, -0.25) is 0 Å². The van der Waals surface area contributed by atoms with Crippen LogP contribution in [0.2, 0.25) is 0 Å². The molecule has 0 aliphatic heterocycles. The maximum absolute atomic E-state index is 3.56. The first kappa shape index (κ1) is 10.4. The summed E-state index contributed by atoms with van der Waals surface area (Å²) >= 11 is 0. The molecule has 32 valence electrons. The first-order chi connectivity index (χ1) is 2.27. The van der Waals surface area contributed by atoms with E-state index in [4.69, 9.17) is 0 Å². The molecule has 6 heavy (non-hydrogen) atoms. The van der Waals surface area contributed by atoms with Crippen molar-refractivity contribution in [3.8, 4) is 0 Å². The molecule has 0 aliphatic carbocycles. The molecule has 0 saturated heterocycles. The van der Waals surface area contributed by atoms with Crippen LogP contribution < -0.4 is 0 Å². The van der Waals surface area contributed by atoms with Crippen LogP contribution in [0.5, 0.6) is 0 Å².